The van der Waals surface area contributed by atoms with E-state index in [1.54, 1.807) is 12.1 Å². The van der Waals surface area contributed by atoms with Crippen LogP contribution in [0.5, 0.6) is 5.75 Å². The summed E-state index contributed by atoms with van der Waals surface area (Å²) in [5, 5.41) is 3.49. The molecule has 0 aliphatic heterocycles. The fraction of sp³-hybridized carbons (Fsp3) is 0.625. The molecule has 0 bridgehead atoms. The molecule has 1 N–H and O–H groups in total. The van der Waals surface area contributed by atoms with Gasteiger partial charge in [-0.05, 0) is 42.9 Å². The van der Waals surface area contributed by atoms with Gasteiger partial charge in [-0.15, -0.1) is 0 Å². The second kappa shape index (κ2) is 7.05. The fourth-order valence-electron chi connectivity index (χ4n) is 3.02. The minimum atomic E-state index is -2.79. The average molecular weight is 362 g/mol. The van der Waals surface area contributed by atoms with Crippen molar-refractivity contribution in [2.24, 2.45) is 5.41 Å². The number of hydrogen-bond donors (Lipinski definition) is 1. The molecule has 0 heterocycles. The van der Waals surface area contributed by atoms with Crippen molar-refractivity contribution in [1.82, 2.24) is 5.32 Å². The molecule has 5 heteroatoms. The second-order valence-corrected chi connectivity index (χ2v) is 7.38. The van der Waals surface area contributed by atoms with Crippen molar-refractivity contribution in [3.05, 3.63) is 28.2 Å². The molecule has 1 unspecified atom stereocenters. The van der Waals surface area contributed by atoms with Gasteiger partial charge in [0.2, 0.25) is 0 Å². The number of halogens is 3. The van der Waals surface area contributed by atoms with Crippen LogP contribution in [0, 0.1) is 5.41 Å². The minimum absolute atomic E-state index is 0.246. The van der Waals surface area contributed by atoms with Crippen LogP contribution in [0.15, 0.2) is 22.7 Å². The monoisotopic (exact) mass is 361 g/mol. The van der Waals surface area contributed by atoms with E-state index in [0.29, 0.717) is 18.0 Å². The second-order valence-electron chi connectivity index (χ2n) is 6.47. The highest BCUT2D eigenvalue weighted by atomic mass is 79.9. The first-order valence-electron chi connectivity index (χ1n) is 7.32. The van der Waals surface area contributed by atoms with E-state index < -0.39 is 6.61 Å². The SMILES string of the molecule is CC1(C)CCCC(NCc2cc(Br)ccc2OC(F)F)C1. The zero-order chi connectivity index (χ0) is 15.5. The molecule has 21 heavy (non-hydrogen) atoms. The van der Waals surface area contributed by atoms with Crippen LogP contribution in [-0.2, 0) is 6.54 Å². The lowest BCUT2D eigenvalue weighted by atomic mass is 9.75. The Morgan fingerprint density at radius 3 is 2.86 bits per heavy atom. The molecule has 0 spiro atoms. The van der Waals surface area contributed by atoms with Gasteiger partial charge >= 0.3 is 6.61 Å². The normalized spacial score (nSPS) is 21.5. The Balaban J connectivity index is 2.00. The number of ether oxygens (including phenoxy) is 1. The number of hydrogen-bond acceptors (Lipinski definition) is 2. The van der Waals surface area contributed by atoms with Crippen molar-refractivity contribution in [1.29, 1.82) is 0 Å². The maximum atomic E-state index is 12.4. The van der Waals surface area contributed by atoms with Crippen molar-refractivity contribution < 1.29 is 13.5 Å². The standard InChI is InChI=1S/C16H22BrF2NO/c1-16(2)7-3-4-13(9-16)20-10-11-8-12(17)5-6-14(11)21-15(18)19/h5-6,8,13,15,20H,3-4,7,9-10H2,1-2H3. The Morgan fingerprint density at radius 1 is 1.43 bits per heavy atom. The van der Waals surface area contributed by atoms with E-state index in [2.05, 4.69) is 39.8 Å². The first kappa shape index (κ1) is 16.7. The molecule has 1 fully saturated rings. The molecule has 0 saturated heterocycles. The lowest BCUT2D eigenvalue weighted by Gasteiger charge is -2.35. The van der Waals surface area contributed by atoms with Crippen molar-refractivity contribution in [3.63, 3.8) is 0 Å². The van der Waals surface area contributed by atoms with Crippen molar-refractivity contribution >= 4 is 15.9 Å². The van der Waals surface area contributed by atoms with Gasteiger partial charge < -0.3 is 10.1 Å². The summed E-state index contributed by atoms with van der Waals surface area (Å²) in [7, 11) is 0. The van der Waals surface area contributed by atoms with Crippen LogP contribution in [0.1, 0.15) is 45.1 Å². The summed E-state index contributed by atoms with van der Waals surface area (Å²) in [6.07, 6.45) is 4.72. The summed E-state index contributed by atoms with van der Waals surface area (Å²) in [4.78, 5) is 0. The number of rotatable bonds is 5. The highest BCUT2D eigenvalue weighted by Gasteiger charge is 2.27. The van der Waals surface area contributed by atoms with E-state index in [-0.39, 0.29) is 5.75 Å². The molecule has 1 aliphatic carbocycles. The molecule has 1 aromatic carbocycles. The van der Waals surface area contributed by atoms with E-state index in [1.807, 2.05) is 6.07 Å². The molecule has 2 nitrogen and oxygen atoms in total. The molecule has 118 valence electrons. The van der Waals surface area contributed by atoms with Crippen LogP contribution in [0.4, 0.5) is 8.78 Å². The Bertz CT molecular complexity index is 479. The third kappa shape index (κ3) is 5.22. The van der Waals surface area contributed by atoms with Gasteiger partial charge in [-0.1, -0.05) is 36.2 Å². The Kier molecular flexibility index (Phi) is 5.60. The van der Waals surface area contributed by atoms with Gasteiger partial charge in [-0.3, -0.25) is 0 Å². The van der Waals surface area contributed by atoms with E-state index >= 15 is 0 Å². The van der Waals surface area contributed by atoms with Gasteiger partial charge in [0.25, 0.3) is 0 Å². The van der Waals surface area contributed by atoms with Gasteiger partial charge in [0, 0.05) is 22.6 Å². The molecule has 0 aromatic heterocycles. The van der Waals surface area contributed by atoms with Gasteiger partial charge in [-0.25, -0.2) is 0 Å². The maximum Gasteiger partial charge on any atom is 0.387 e. The van der Waals surface area contributed by atoms with Crippen molar-refractivity contribution in [2.75, 3.05) is 0 Å². The van der Waals surface area contributed by atoms with E-state index in [9.17, 15) is 8.78 Å². The van der Waals surface area contributed by atoms with Crippen LogP contribution in [0.2, 0.25) is 0 Å². The Labute approximate surface area is 133 Å². The van der Waals surface area contributed by atoms with Crippen molar-refractivity contribution in [3.8, 4) is 5.75 Å². The predicted octanol–water partition coefficient (Wildman–Crippen LogP) is 5.11. The largest absolute Gasteiger partial charge is 0.434 e. The van der Waals surface area contributed by atoms with Crippen LogP contribution in [0.3, 0.4) is 0 Å². The predicted molar refractivity (Wildman–Crippen MR) is 83.7 cm³/mol. The Morgan fingerprint density at radius 2 is 2.19 bits per heavy atom. The molecule has 1 aromatic rings. The van der Waals surface area contributed by atoms with Crippen LogP contribution in [0.25, 0.3) is 0 Å². The quantitative estimate of drug-likeness (QED) is 0.786. The zero-order valence-electron chi connectivity index (χ0n) is 12.5. The maximum absolute atomic E-state index is 12.4. The zero-order valence-corrected chi connectivity index (χ0v) is 14.1. The lowest BCUT2D eigenvalue weighted by molar-refractivity contribution is -0.0505. The van der Waals surface area contributed by atoms with Gasteiger partial charge in [-0.2, -0.15) is 8.78 Å². The molecular weight excluding hydrogens is 340 g/mol. The number of alkyl halides is 2. The highest BCUT2D eigenvalue weighted by Crippen LogP contribution is 2.35. The molecular formula is C16H22BrF2NO. The first-order valence-corrected chi connectivity index (χ1v) is 8.12. The lowest BCUT2D eigenvalue weighted by Crippen LogP contribution is -2.36. The summed E-state index contributed by atoms with van der Waals surface area (Å²) in [5.74, 6) is 0.246. The topological polar surface area (TPSA) is 21.3 Å². The molecule has 2 rings (SSSR count). The highest BCUT2D eigenvalue weighted by molar-refractivity contribution is 9.10. The molecule has 1 aliphatic rings. The molecule has 1 saturated carbocycles. The first-order chi connectivity index (χ1) is 9.85. The van der Waals surface area contributed by atoms with E-state index in [0.717, 1.165) is 22.9 Å². The minimum Gasteiger partial charge on any atom is -0.434 e. The summed E-state index contributed by atoms with van der Waals surface area (Å²) in [5.41, 5.74) is 1.11. The summed E-state index contributed by atoms with van der Waals surface area (Å²) in [6.45, 7) is 2.32. The summed E-state index contributed by atoms with van der Waals surface area (Å²) >= 11 is 3.38. The summed E-state index contributed by atoms with van der Waals surface area (Å²) in [6, 6.07) is 5.56. The summed E-state index contributed by atoms with van der Waals surface area (Å²) < 4.78 is 30.3. The van der Waals surface area contributed by atoms with Crippen molar-refractivity contribution in [2.45, 2.75) is 58.7 Å². The third-order valence-electron chi connectivity index (χ3n) is 4.02. The smallest absolute Gasteiger partial charge is 0.387 e. The van der Waals surface area contributed by atoms with Crippen LogP contribution >= 0.6 is 15.9 Å². The molecule has 0 radical (unpaired) electrons. The Hall–Kier alpha value is -0.680. The van der Waals surface area contributed by atoms with Gasteiger partial charge in [0.1, 0.15) is 5.75 Å². The van der Waals surface area contributed by atoms with Crippen LogP contribution < -0.4 is 10.1 Å². The fourth-order valence-corrected chi connectivity index (χ4v) is 3.43. The molecule has 1 atom stereocenters. The van der Waals surface area contributed by atoms with Crippen LogP contribution in [-0.4, -0.2) is 12.7 Å². The number of nitrogens with one attached hydrogen (secondary N) is 1. The van der Waals surface area contributed by atoms with E-state index in [1.165, 1.54) is 12.8 Å². The molecule has 0 amide bonds. The third-order valence-corrected chi connectivity index (χ3v) is 4.52. The average Bonchev–Trinajstić information content (AvgIpc) is 2.37. The van der Waals surface area contributed by atoms with Gasteiger partial charge in [0.05, 0.1) is 0 Å². The van der Waals surface area contributed by atoms with E-state index in [4.69, 9.17) is 0 Å². The number of benzene rings is 1. The van der Waals surface area contributed by atoms with Gasteiger partial charge in [0.15, 0.2) is 0 Å².